The molecule has 0 fully saturated rings. The van der Waals surface area contributed by atoms with E-state index in [4.69, 9.17) is 22.3 Å². The van der Waals surface area contributed by atoms with Gasteiger partial charge in [-0.05, 0) is 12.1 Å². The second-order valence-corrected chi connectivity index (χ2v) is 5.34. The molecular weight excluding hydrogens is 278 g/mol. The zero-order valence-corrected chi connectivity index (χ0v) is 9.04. The SMILES string of the molecule is O=S(=O)(Cl)c1ccc(Cl)c(C(F)(F)F)n1. The van der Waals surface area contributed by atoms with Gasteiger partial charge in [0.25, 0.3) is 9.05 Å². The van der Waals surface area contributed by atoms with Crippen LogP contribution in [0.2, 0.25) is 5.02 Å². The van der Waals surface area contributed by atoms with Crippen molar-refractivity contribution in [3.8, 4) is 0 Å². The quantitative estimate of drug-likeness (QED) is 0.743. The van der Waals surface area contributed by atoms with Gasteiger partial charge < -0.3 is 0 Å². The van der Waals surface area contributed by atoms with Crippen LogP contribution < -0.4 is 0 Å². The summed E-state index contributed by atoms with van der Waals surface area (Å²) in [6.07, 6.45) is -4.82. The minimum absolute atomic E-state index is 0.688. The number of nitrogens with zero attached hydrogens (tertiary/aromatic N) is 1. The van der Waals surface area contributed by atoms with Crippen molar-refractivity contribution < 1.29 is 21.6 Å². The van der Waals surface area contributed by atoms with Crippen LogP contribution in [0, 0.1) is 0 Å². The van der Waals surface area contributed by atoms with Gasteiger partial charge in [-0.25, -0.2) is 13.4 Å². The number of pyridine rings is 1. The molecule has 3 nitrogen and oxygen atoms in total. The van der Waals surface area contributed by atoms with Crippen molar-refractivity contribution in [3.05, 3.63) is 22.8 Å². The average molecular weight is 280 g/mol. The van der Waals surface area contributed by atoms with Crippen LogP contribution in [-0.4, -0.2) is 13.4 Å². The maximum Gasteiger partial charge on any atom is 0.434 e. The fourth-order valence-corrected chi connectivity index (χ4v) is 1.66. The van der Waals surface area contributed by atoms with Crippen LogP contribution in [0.15, 0.2) is 17.2 Å². The second kappa shape index (κ2) is 3.80. The third-order valence-corrected chi connectivity index (χ3v) is 2.85. The lowest BCUT2D eigenvalue weighted by molar-refractivity contribution is -0.141. The molecule has 0 bridgehead atoms. The van der Waals surface area contributed by atoms with Crippen molar-refractivity contribution in [2.45, 2.75) is 11.2 Å². The molecule has 0 atom stereocenters. The highest BCUT2D eigenvalue weighted by molar-refractivity contribution is 8.13. The van der Waals surface area contributed by atoms with Crippen molar-refractivity contribution in [2.75, 3.05) is 0 Å². The molecule has 15 heavy (non-hydrogen) atoms. The summed E-state index contributed by atoms with van der Waals surface area (Å²) in [4.78, 5) is 2.84. The lowest BCUT2D eigenvalue weighted by atomic mass is 10.3. The van der Waals surface area contributed by atoms with Gasteiger partial charge in [-0.3, -0.25) is 0 Å². The first kappa shape index (κ1) is 12.5. The van der Waals surface area contributed by atoms with E-state index in [1.54, 1.807) is 0 Å². The minimum Gasteiger partial charge on any atom is -0.229 e. The van der Waals surface area contributed by atoms with Crippen LogP contribution >= 0.6 is 22.3 Å². The first-order chi connectivity index (χ1) is 6.62. The molecular formula is C6H2Cl2F3NO2S. The van der Waals surface area contributed by atoms with Crippen molar-refractivity contribution in [1.29, 1.82) is 0 Å². The van der Waals surface area contributed by atoms with E-state index in [-0.39, 0.29) is 0 Å². The monoisotopic (exact) mass is 279 g/mol. The highest BCUT2D eigenvalue weighted by Gasteiger charge is 2.36. The Morgan fingerprint density at radius 1 is 1.27 bits per heavy atom. The molecule has 0 spiro atoms. The predicted octanol–water partition coefficient (Wildman–Crippen LogP) is 2.68. The fraction of sp³-hybridized carbons (Fsp3) is 0.167. The summed E-state index contributed by atoms with van der Waals surface area (Å²) in [6.45, 7) is 0. The Hall–Kier alpha value is -0.530. The lowest BCUT2D eigenvalue weighted by Gasteiger charge is -2.07. The van der Waals surface area contributed by atoms with Crippen LogP contribution in [0.3, 0.4) is 0 Å². The normalized spacial score (nSPS) is 12.9. The Balaban J connectivity index is 3.43. The summed E-state index contributed by atoms with van der Waals surface area (Å²) in [5.74, 6) is 0. The molecule has 1 aromatic heterocycles. The molecule has 1 rings (SSSR count). The van der Waals surface area contributed by atoms with Crippen LogP contribution in [-0.2, 0) is 15.2 Å². The van der Waals surface area contributed by atoms with Gasteiger partial charge in [-0.2, -0.15) is 13.2 Å². The summed E-state index contributed by atoms with van der Waals surface area (Å²) >= 11 is 5.21. The lowest BCUT2D eigenvalue weighted by Crippen LogP contribution is -2.11. The third-order valence-electron chi connectivity index (χ3n) is 1.34. The number of alkyl halides is 3. The van der Waals surface area contributed by atoms with Gasteiger partial charge in [-0.1, -0.05) is 11.6 Å². The predicted molar refractivity (Wildman–Crippen MR) is 47.3 cm³/mol. The average Bonchev–Trinajstić information content (AvgIpc) is 2.00. The van der Waals surface area contributed by atoms with E-state index >= 15 is 0 Å². The van der Waals surface area contributed by atoms with E-state index in [1.807, 2.05) is 0 Å². The van der Waals surface area contributed by atoms with Gasteiger partial charge in [0, 0.05) is 10.7 Å². The molecule has 0 aromatic carbocycles. The number of rotatable bonds is 1. The summed E-state index contributed by atoms with van der Waals surface area (Å²) in [6, 6.07) is 1.56. The first-order valence-electron chi connectivity index (χ1n) is 3.31. The van der Waals surface area contributed by atoms with E-state index < -0.39 is 31.0 Å². The van der Waals surface area contributed by atoms with Gasteiger partial charge in [0.05, 0.1) is 5.02 Å². The molecule has 0 aliphatic heterocycles. The number of hydrogen-bond acceptors (Lipinski definition) is 3. The number of halogens is 5. The van der Waals surface area contributed by atoms with Crippen LogP contribution in [0.4, 0.5) is 13.2 Å². The molecule has 1 aromatic rings. The molecule has 0 N–H and O–H groups in total. The second-order valence-electron chi connectivity index (χ2n) is 2.42. The molecule has 0 radical (unpaired) electrons. The Kier molecular flexibility index (Phi) is 3.18. The standard InChI is InChI=1S/C6H2Cl2F3NO2S/c7-3-1-2-4(15(8,13)14)12-5(3)6(9,10)11/h1-2H. The zero-order valence-electron chi connectivity index (χ0n) is 6.72. The van der Waals surface area contributed by atoms with Gasteiger partial charge >= 0.3 is 6.18 Å². The van der Waals surface area contributed by atoms with E-state index in [2.05, 4.69) is 4.98 Å². The van der Waals surface area contributed by atoms with Gasteiger partial charge in [0.2, 0.25) is 0 Å². The molecule has 0 aliphatic carbocycles. The van der Waals surface area contributed by atoms with Crippen LogP contribution in [0.5, 0.6) is 0 Å². The van der Waals surface area contributed by atoms with E-state index in [1.165, 1.54) is 0 Å². The Morgan fingerprint density at radius 2 is 1.80 bits per heavy atom. The Bertz CT molecular complexity index is 486. The summed E-state index contributed by atoms with van der Waals surface area (Å²) < 4.78 is 58.1. The minimum atomic E-state index is -4.82. The molecule has 1 heterocycles. The summed E-state index contributed by atoms with van der Waals surface area (Å²) in [5.41, 5.74) is -1.48. The highest BCUT2D eigenvalue weighted by atomic mass is 35.7. The topological polar surface area (TPSA) is 47.0 Å². The van der Waals surface area contributed by atoms with Crippen LogP contribution in [0.25, 0.3) is 0 Å². The van der Waals surface area contributed by atoms with Crippen molar-refractivity contribution in [3.63, 3.8) is 0 Å². The van der Waals surface area contributed by atoms with Crippen molar-refractivity contribution >= 4 is 31.3 Å². The molecule has 84 valence electrons. The highest BCUT2D eigenvalue weighted by Crippen LogP contribution is 2.33. The third kappa shape index (κ3) is 2.96. The molecule has 0 saturated carbocycles. The molecule has 0 saturated heterocycles. The Morgan fingerprint density at radius 3 is 2.20 bits per heavy atom. The maximum absolute atomic E-state index is 12.2. The van der Waals surface area contributed by atoms with Crippen LogP contribution in [0.1, 0.15) is 5.69 Å². The van der Waals surface area contributed by atoms with E-state index in [0.717, 1.165) is 12.1 Å². The molecule has 0 amide bonds. The Labute approximate surface area is 92.2 Å². The van der Waals surface area contributed by atoms with Gasteiger partial charge in [0.15, 0.2) is 10.7 Å². The van der Waals surface area contributed by atoms with Gasteiger partial charge in [0.1, 0.15) is 0 Å². The zero-order chi connectivity index (χ0) is 11.9. The summed E-state index contributed by atoms with van der Waals surface area (Å²) in [5, 5.41) is -1.58. The van der Waals surface area contributed by atoms with E-state index in [0.29, 0.717) is 0 Å². The molecule has 0 unspecified atom stereocenters. The first-order valence-corrected chi connectivity index (χ1v) is 5.99. The maximum atomic E-state index is 12.2. The van der Waals surface area contributed by atoms with Crippen molar-refractivity contribution in [2.24, 2.45) is 0 Å². The number of hydrogen-bond donors (Lipinski definition) is 0. The van der Waals surface area contributed by atoms with Gasteiger partial charge in [-0.15, -0.1) is 0 Å². The number of aromatic nitrogens is 1. The largest absolute Gasteiger partial charge is 0.434 e. The molecule has 9 heteroatoms. The van der Waals surface area contributed by atoms with E-state index in [9.17, 15) is 21.6 Å². The fourth-order valence-electron chi connectivity index (χ4n) is 0.759. The molecule has 0 aliphatic rings. The van der Waals surface area contributed by atoms with Crippen molar-refractivity contribution in [1.82, 2.24) is 4.98 Å². The smallest absolute Gasteiger partial charge is 0.229 e. The summed E-state index contributed by atoms with van der Waals surface area (Å²) in [7, 11) is 0.532.